The molecule has 0 bridgehead atoms. The number of benzene rings is 3. The van der Waals surface area contributed by atoms with Crippen molar-refractivity contribution in [1.82, 2.24) is 0 Å². The van der Waals surface area contributed by atoms with E-state index in [0.717, 1.165) is 41.2 Å². The van der Waals surface area contributed by atoms with Crippen LogP contribution in [0.1, 0.15) is 30.9 Å². The Morgan fingerprint density at radius 3 is 2.47 bits per heavy atom. The smallest absolute Gasteiger partial charge is 0.248 e. The lowest BCUT2D eigenvalue weighted by Crippen LogP contribution is -2.07. The number of unbranched alkanes of at least 4 members (excludes halogenated alkanes) is 1. The Hall–Kier alpha value is -3.53. The van der Waals surface area contributed by atoms with Gasteiger partial charge >= 0.3 is 0 Å². The highest BCUT2D eigenvalue weighted by atomic mass is 16.5. The maximum atomic E-state index is 12.2. The van der Waals surface area contributed by atoms with Gasteiger partial charge in [-0.3, -0.25) is 4.79 Å². The van der Waals surface area contributed by atoms with E-state index in [0.29, 0.717) is 13.2 Å². The van der Waals surface area contributed by atoms with Gasteiger partial charge in [-0.15, -0.1) is 0 Å². The molecule has 0 aliphatic heterocycles. The van der Waals surface area contributed by atoms with Crippen LogP contribution in [0.3, 0.4) is 0 Å². The first-order valence-corrected chi connectivity index (χ1v) is 10.2. The maximum absolute atomic E-state index is 12.2. The average Bonchev–Trinajstić information content (AvgIpc) is 2.79. The van der Waals surface area contributed by atoms with E-state index in [-0.39, 0.29) is 5.91 Å². The van der Waals surface area contributed by atoms with E-state index in [1.165, 1.54) is 6.08 Å². The molecule has 4 nitrogen and oxygen atoms in total. The maximum Gasteiger partial charge on any atom is 0.248 e. The summed E-state index contributed by atoms with van der Waals surface area (Å²) in [5, 5.41) is 2.86. The topological polar surface area (TPSA) is 47.6 Å². The molecule has 0 saturated heterocycles. The van der Waals surface area contributed by atoms with Crippen molar-refractivity contribution in [3.63, 3.8) is 0 Å². The fourth-order valence-electron chi connectivity index (χ4n) is 2.77. The van der Waals surface area contributed by atoms with E-state index in [1.54, 1.807) is 6.08 Å². The third kappa shape index (κ3) is 7.13. The first kappa shape index (κ1) is 21.2. The number of amides is 1. The second-order valence-corrected chi connectivity index (χ2v) is 6.90. The van der Waals surface area contributed by atoms with Crippen molar-refractivity contribution in [2.24, 2.45) is 0 Å². The number of carbonyl (C=O) groups excluding carboxylic acids is 1. The highest BCUT2D eigenvalue weighted by Crippen LogP contribution is 2.18. The summed E-state index contributed by atoms with van der Waals surface area (Å²) in [7, 11) is 0. The summed E-state index contributed by atoms with van der Waals surface area (Å²) in [5.41, 5.74) is 2.74. The number of anilines is 1. The van der Waals surface area contributed by atoms with Gasteiger partial charge in [0.1, 0.15) is 18.1 Å². The van der Waals surface area contributed by atoms with Crippen LogP contribution in [0.15, 0.2) is 84.9 Å². The van der Waals surface area contributed by atoms with Crippen molar-refractivity contribution in [3.05, 3.63) is 96.1 Å². The molecule has 154 valence electrons. The van der Waals surface area contributed by atoms with E-state index in [2.05, 4.69) is 12.2 Å². The molecule has 0 aliphatic rings. The number of nitrogens with one attached hydrogen (secondary N) is 1. The summed E-state index contributed by atoms with van der Waals surface area (Å²) in [5.74, 6) is 1.38. The number of hydrogen-bond acceptors (Lipinski definition) is 3. The Kier molecular flexibility index (Phi) is 8.10. The summed E-state index contributed by atoms with van der Waals surface area (Å²) in [6.45, 7) is 3.34. The molecule has 0 saturated carbocycles. The van der Waals surface area contributed by atoms with E-state index < -0.39 is 0 Å². The average molecular weight is 402 g/mol. The molecule has 0 atom stereocenters. The van der Waals surface area contributed by atoms with Gasteiger partial charge in [0, 0.05) is 11.8 Å². The highest BCUT2D eigenvalue weighted by Gasteiger charge is 2.01. The molecular weight excluding hydrogens is 374 g/mol. The molecule has 0 spiro atoms. The van der Waals surface area contributed by atoms with Crippen LogP contribution < -0.4 is 14.8 Å². The van der Waals surface area contributed by atoms with E-state index in [9.17, 15) is 4.79 Å². The molecule has 3 aromatic carbocycles. The Morgan fingerprint density at radius 1 is 0.900 bits per heavy atom. The van der Waals surface area contributed by atoms with Gasteiger partial charge in [-0.2, -0.15) is 0 Å². The van der Waals surface area contributed by atoms with E-state index in [1.807, 2.05) is 78.9 Å². The van der Waals surface area contributed by atoms with Crippen molar-refractivity contribution in [1.29, 1.82) is 0 Å². The first-order valence-electron chi connectivity index (χ1n) is 10.2. The van der Waals surface area contributed by atoms with Crippen molar-refractivity contribution < 1.29 is 14.3 Å². The Balaban J connectivity index is 1.50. The summed E-state index contributed by atoms with van der Waals surface area (Å²) >= 11 is 0. The molecule has 30 heavy (non-hydrogen) atoms. The lowest BCUT2D eigenvalue weighted by Gasteiger charge is -2.07. The van der Waals surface area contributed by atoms with Crippen LogP contribution in [0.2, 0.25) is 0 Å². The molecule has 0 heterocycles. The van der Waals surface area contributed by atoms with Gasteiger partial charge in [-0.1, -0.05) is 55.8 Å². The van der Waals surface area contributed by atoms with Crippen LogP contribution in [0.5, 0.6) is 11.5 Å². The van der Waals surface area contributed by atoms with Gasteiger partial charge in [-0.25, -0.2) is 0 Å². The third-order valence-corrected chi connectivity index (χ3v) is 4.42. The Bertz CT molecular complexity index is 950. The fraction of sp³-hybridized carbons (Fsp3) is 0.192. The van der Waals surface area contributed by atoms with Crippen molar-refractivity contribution >= 4 is 17.7 Å². The molecule has 0 unspecified atom stereocenters. The monoisotopic (exact) mass is 401 g/mol. The minimum absolute atomic E-state index is 0.190. The Morgan fingerprint density at radius 2 is 1.70 bits per heavy atom. The van der Waals surface area contributed by atoms with Crippen molar-refractivity contribution in [2.45, 2.75) is 26.4 Å². The zero-order valence-corrected chi connectivity index (χ0v) is 17.2. The zero-order chi connectivity index (χ0) is 21.0. The van der Waals surface area contributed by atoms with Crippen molar-refractivity contribution in [3.8, 4) is 11.5 Å². The summed E-state index contributed by atoms with van der Waals surface area (Å²) < 4.78 is 11.5. The summed E-state index contributed by atoms with van der Waals surface area (Å²) in [6, 6.07) is 25.1. The minimum Gasteiger partial charge on any atom is -0.494 e. The predicted molar refractivity (Wildman–Crippen MR) is 122 cm³/mol. The van der Waals surface area contributed by atoms with E-state index >= 15 is 0 Å². The minimum atomic E-state index is -0.190. The lowest BCUT2D eigenvalue weighted by atomic mass is 10.2. The van der Waals surface area contributed by atoms with Gasteiger partial charge in [-0.05, 0) is 60.0 Å². The van der Waals surface area contributed by atoms with Gasteiger partial charge in [0.2, 0.25) is 5.91 Å². The van der Waals surface area contributed by atoms with Crippen molar-refractivity contribution in [2.75, 3.05) is 11.9 Å². The number of ether oxygens (including phenoxy) is 2. The van der Waals surface area contributed by atoms with Gasteiger partial charge in [0.05, 0.1) is 6.61 Å². The SMILES string of the molecule is CCCCOc1ccc(NC(=O)/C=C/c2cccc(OCc3ccccc3)c2)cc1. The molecule has 3 aromatic rings. The third-order valence-electron chi connectivity index (χ3n) is 4.42. The normalized spacial score (nSPS) is 10.7. The molecule has 4 heteroatoms. The van der Waals surface area contributed by atoms with Crippen LogP contribution >= 0.6 is 0 Å². The Labute approximate surface area is 178 Å². The number of hydrogen-bond donors (Lipinski definition) is 1. The van der Waals surface area contributed by atoms with Gasteiger partial charge in [0.15, 0.2) is 0 Å². The molecule has 0 aliphatic carbocycles. The second-order valence-electron chi connectivity index (χ2n) is 6.90. The van der Waals surface area contributed by atoms with Gasteiger partial charge in [0.25, 0.3) is 0 Å². The van der Waals surface area contributed by atoms with Crippen LogP contribution in [-0.2, 0) is 11.4 Å². The molecule has 0 radical (unpaired) electrons. The summed E-state index contributed by atoms with van der Waals surface area (Å²) in [4.78, 5) is 12.2. The zero-order valence-electron chi connectivity index (χ0n) is 17.2. The molecule has 3 rings (SSSR count). The number of rotatable bonds is 10. The van der Waals surface area contributed by atoms with Crippen LogP contribution in [-0.4, -0.2) is 12.5 Å². The number of carbonyl (C=O) groups is 1. The summed E-state index contributed by atoms with van der Waals surface area (Å²) in [6.07, 6.45) is 5.42. The fourth-order valence-corrected chi connectivity index (χ4v) is 2.77. The quantitative estimate of drug-likeness (QED) is 0.330. The van der Waals surface area contributed by atoms with Gasteiger partial charge < -0.3 is 14.8 Å². The highest BCUT2D eigenvalue weighted by molar-refractivity contribution is 6.01. The first-order chi connectivity index (χ1) is 14.7. The predicted octanol–water partition coefficient (Wildman–Crippen LogP) is 6.10. The molecule has 1 amide bonds. The molecule has 0 fully saturated rings. The van der Waals surface area contributed by atoms with Crippen LogP contribution in [0.4, 0.5) is 5.69 Å². The molecular formula is C26H27NO3. The standard InChI is InChI=1S/C26H27NO3/c1-2-3-18-29-24-15-13-23(14-16-24)27-26(28)17-12-21-10-7-11-25(19-21)30-20-22-8-5-4-6-9-22/h4-17,19H,2-3,18,20H2,1H3,(H,27,28)/b17-12+. The molecule has 1 N–H and O–H groups in total. The van der Waals surface area contributed by atoms with Crippen LogP contribution in [0.25, 0.3) is 6.08 Å². The molecule has 0 aromatic heterocycles. The van der Waals surface area contributed by atoms with Crippen LogP contribution in [0, 0.1) is 0 Å². The largest absolute Gasteiger partial charge is 0.494 e. The second kappa shape index (κ2) is 11.5. The lowest BCUT2D eigenvalue weighted by molar-refractivity contribution is -0.111. The van der Waals surface area contributed by atoms with E-state index in [4.69, 9.17) is 9.47 Å².